The van der Waals surface area contributed by atoms with Gasteiger partial charge in [0, 0.05) is 12.6 Å². The van der Waals surface area contributed by atoms with Gasteiger partial charge in [0.1, 0.15) is 6.33 Å². The molecule has 3 N–H and O–H groups in total. The van der Waals surface area contributed by atoms with Crippen molar-refractivity contribution in [2.24, 2.45) is 5.73 Å². The largest absolute Gasteiger partial charge is 0.364 e. The van der Waals surface area contributed by atoms with Crippen molar-refractivity contribution >= 4 is 5.82 Å². The average Bonchev–Trinajstić information content (AvgIpc) is 2.21. The maximum absolute atomic E-state index is 13.5. The smallest absolute Gasteiger partial charge is 0.186 e. The molecule has 1 rings (SSSR count). The first kappa shape index (κ1) is 10.8. The molecule has 0 spiro atoms. The molecule has 14 heavy (non-hydrogen) atoms. The number of anilines is 1. The monoisotopic (exact) mass is 198 g/mol. The van der Waals surface area contributed by atoms with Gasteiger partial charge in [-0.2, -0.15) is 0 Å². The molecule has 0 aliphatic heterocycles. The highest BCUT2D eigenvalue weighted by atomic mass is 19.1. The van der Waals surface area contributed by atoms with Crippen molar-refractivity contribution in [2.45, 2.75) is 26.3 Å². The number of halogens is 1. The number of hydrogen-bond donors (Lipinski definition) is 2. The first-order valence-electron chi connectivity index (χ1n) is 4.65. The van der Waals surface area contributed by atoms with Crippen LogP contribution in [0.4, 0.5) is 10.2 Å². The summed E-state index contributed by atoms with van der Waals surface area (Å²) in [6.45, 7) is 4.15. The van der Waals surface area contributed by atoms with Gasteiger partial charge in [-0.3, -0.25) is 0 Å². The molecule has 78 valence electrons. The number of aryl methyl sites for hydroxylation is 1. The van der Waals surface area contributed by atoms with Gasteiger partial charge < -0.3 is 11.1 Å². The van der Waals surface area contributed by atoms with Gasteiger partial charge in [0.15, 0.2) is 11.6 Å². The molecule has 1 atom stereocenters. The van der Waals surface area contributed by atoms with Crippen molar-refractivity contribution in [1.29, 1.82) is 0 Å². The normalized spacial score (nSPS) is 12.6. The fraction of sp³-hybridized carbons (Fsp3) is 0.556. The summed E-state index contributed by atoms with van der Waals surface area (Å²) in [6.07, 6.45) is 1.91. The van der Waals surface area contributed by atoms with Gasteiger partial charge in [-0.1, -0.05) is 6.92 Å². The molecule has 0 fully saturated rings. The summed E-state index contributed by atoms with van der Waals surface area (Å²) in [5, 5.41) is 2.88. The third-order valence-electron chi connectivity index (χ3n) is 1.93. The van der Waals surface area contributed by atoms with Crippen molar-refractivity contribution in [3.63, 3.8) is 0 Å². The molecule has 0 saturated carbocycles. The summed E-state index contributed by atoms with van der Waals surface area (Å²) in [7, 11) is 0. The van der Waals surface area contributed by atoms with Crippen LogP contribution in [0.3, 0.4) is 0 Å². The molecule has 1 heterocycles. The molecule has 0 radical (unpaired) electrons. The topological polar surface area (TPSA) is 63.8 Å². The van der Waals surface area contributed by atoms with Crippen molar-refractivity contribution in [3.05, 3.63) is 17.8 Å². The van der Waals surface area contributed by atoms with Crippen LogP contribution in [-0.2, 0) is 6.42 Å². The van der Waals surface area contributed by atoms with E-state index in [1.165, 1.54) is 6.33 Å². The minimum atomic E-state index is -0.379. The molecule has 0 aliphatic carbocycles. The Kier molecular flexibility index (Phi) is 3.76. The lowest BCUT2D eigenvalue weighted by atomic mass is 10.3. The first-order valence-corrected chi connectivity index (χ1v) is 4.65. The van der Waals surface area contributed by atoms with E-state index in [4.69, 9.17) is 5.73 Å². The van der Waals surface area contributed by atoms with E-state index in [1.54, 1.807) is 0 Å². The molecule has 4 nitrogen and oxygen atoms in total. The fourth-order valence-corrected chi connectivity index (χ4v) is 1.05. The maximum atomic E-state index is 13.5. The van der Waals surface area contributed by atoms with Crippen LogP contribution in [0.1, 0.15) is 19.5 Å². The van der Waals surface area contributed by atoms with Crippen LogP contribution in [0.5, 0.6) is 0 Å². The van der Waals surface area contributed by atoms with E-state index in [-0.39, 0.29) is 17.7 Å². The Labute approximate surface area is 82.8 Å². The molecule has 0 amide bonds. The van der Waals surface area contributed by atoms with Crippen molar-refractivity contribution in [3.8, 4) is 0 Å². The lowest BCUT2D eigenvalue weighted by Gasteiger charge is -2.12. The Morgan fingerprint density at radius 2 is 2.29 bits per heavy atom. The van der Waals surface area contributed by atoms with E-state index < -0.39 is 0 Å². The van der Waals surface area contributed by atoms with Gasteiger partial charge in [0.25, 0.3) is 0 Å². The highest BCUT2D eigenvalue weighted by Gasteiger charge is 2.10. The van der Waals surface area contributed by atoms with E-state index in [0.29, 0.717) is 18.7 Å². The second kappa shape index (κ2) is 4.85. The molecular formula is C9H15FN4. The second-order valence-corrected chi connectivity index (χ2v) is 3.12. The minimum Gasteiger partial charge on any atom is -0.364 e. The van der Waals surface area contributed by atoms with E-state index in [2.05, 4.69) is 15.3 Å². The van der Waals surface area contributed by atoms with Crippen LogP contribution in [-0.4, -0.2) is 22.6 Å². The van der Waals surface area contributed by atoms with E-state index in [0.717, 1.165) is 0 Å². The zero-order valence-electron chi connectivity index (χ0n) is 8.42. The SMILES string of the molecule is CCc1ncnc(NC(C)CN)c1F. The average molecular weight is 198 g/mol. The molecular weight excluding hydrogens is 183 g/mol. The van der Waals surface area contributed by atoms with Gasteiger partial charge >= 0.3 is 0 Å². The number of nitrogens with zero attached hydrogens (tertiary/aromatic N) is 2. The lowest BCUT2D eigenvalue weighted by Crippen LogP contribution is -2.26. The van der Waals surface area contributed by atoms with Gasteiger partial charge in [-0.25, -0.2) is 14.4 Å². The third-order valence-corrected chi connectivity index (χ3v) is 1.93. The van der Waals surface area contributed by atoms with Crippen molar-refractivity contribution in [2.75, 3.05) is 11.9 Å². The zero-order chi connectivity index (χ0) is 10.6. The summed E-state index contributed by atoms with van der Waals surface area (Å²) < 4.78 is 13.5. The van der Waals surface area contributed by atoms with Crippen molar-refractivity contribution in [1.82, 2.24) is 9.97 Å². The van der Waals surface area contributed by atoms with E-state index >= 15 is 0 Å². The molecule has 1 unspecified atom stereocenters. The standard InChI is InChI=1S/C9H15FN4/c1-3-7-8(10)9(13-5-12-7)14-6(2)4-11/h5-6H,3-4,11H2,1-2H3,(H,12,13,14). The predicted octanol–water partition coefficient (Wildman–Crippen LogP) is 0.937. The maximum Gasteiger partial charge on any atom is 0.186 e. The fourth-order valence-electron chi connectivity index (χ4n) is 1.05. The first-order chi connectivity index (χ1) is 6.69. The van der Waals surface area contributed by atoms with Crippen LogP contribution in [0.2, 0.25) is 0 Å². The zero-order valence-corrected chi connectivity index (χ0v) is 8.42. The number of nitrogens with two attached hydrogens (primary N) is 1. The molecule has 0 aliphatic rings. The van der Waals surface area contributed by atoms with Crippen LogP contribution in [0, 0.1) is 5.82 Å². The summed E-state index contributed by atoms with van der Waals surface area (Å²) in [5.41, 5.74) is 5.84. The quantitative estimate of drug-likeness (QED) is 0.755. The van der Waals surface area contributed by atoms with E-state index in [9.17, 15) is 4.39 Å². The third kappa shape index (κ3) is 2.38. The summed E-state index contributed by atoms with van der Waals surface area (Å²) in [4.78, 5) is 7.66. The molecule has 0 bridgehead atoms. The summed E-state index contributed by atoms with van der Waals surface area (Å²) >= 11 is 0. The minimum absolute atomic E-state index is 0.00380. The number of hydrogen-bond acceptors (Lipinski definition) is 4. The Hall–Kier alpha value is -1.23. The Morgan fingerprint density at radius 3 is 2.86 bits per heavy atom. The number of nitrogens with one attached hydrogen (secondary N) is 1. The van der Waals surface area contributed by atoms with Crippen LogP contribution in [0.15, 0.2) is 6.33 Å². The second-order valence-electron chi connectivity index (χ2n) is 3.12. The lowest BCUT2D eigenvalue weighted by molar-refractivity contribution is 0.593. The highest BCUT2D eigenvalue weighted by molar-refractivity contribution is 5.38. The summed E-state index contributed by atoms with van der Waals surface area (Å²) in [6, 6.07) is 0.00380. The van der Waals surface area contributed by atoms with Gasteiger partial charge in [-0.15, -0.1) is 0 Å². The van der Waals surface area contributed by atoms with Gasteiger partial charge in [0.2, 0.25) is 0 Å². The molecule has 5 heteroatoms. The van der Waals surface area contributed by atoms with Crippen LogP contribution in [0.25, 0.3) is 0 Å². The Bertz CT molecular complexity index is 303. The predicted molar refractivity (Wildman–Crippen MR) is 53.5 cm³/mol. The van der Waals surface area contributed by atoms with E-state index in [1.807, 2.05) is 13.8 Å². The van der Waals surface area contributed by atoms with Crippen LogP contribution >= 0.6 is 0 Å². The van der Waals surface area contributed by atoms with Crippen LogP contribution < -0.4 is 11.1 Å². The summed E-state index contributed by atoms with van der Waals surface area (Å²) in [5.74, 6) is -0.148. The Balaban J connectivity index is 2.86. The number of aromatic nitrogens is 2. The number of rotatable bonds is 4. The van der Waals surface area contributed by atoms with Crippen molar-refractivity contribution < 1.29 is 4.39 Å². The molecule has 1 aromatic rings. The highest BCUT2D eigenvalue weighted by Crippen LogP contribution is 2.13. The molecule has 0 aromatic carbocycles. The Morgan fingerprint density at radius 1 is 1.57 bits per heavy atom. The molecule has 1 aromatic heterocycles. The van der Waals surface area contributed by atoms with Gasteiger partial charge in [0.05, 0.1) is 5.69 Å². The van der Waals surface area contributed by atoms with Gasteiger partial charge in [-0.05, 0) is 13.3 Å². The molecule has 0 saturated heterocycles.